The van der Waals surface area contributed by atoms with E-state index in [0.29, 0.717) is 12.2 Å². The van der Waals surface area contributed by atoms with Crippen molar-refractivity contribution >= 4 is 16.6 Å². The second-order valence-corrected chi connectivity index (χ2v) is 6.12. The minimum Gasteiger partial charge on any atom is -0.485 e. The molecule has 0 aliphatic rings. The van der Waals surface area contributed by atoms with Crippen molar-refractivity contribution in [1.82, 2.24) is 4.57 Å². The molecule has 1 aromatic heterocycles. The Labute approximate surface area is 148 Å². The summed E-state index contributed by atoms with van der Waals surface area (Å²) in [4.78, 5) is 12.6. The number of ketones is 1. The molecule has 0 atom stereocenters. The summed E-state index contributed by atoms with van der Waals surface area (Å²) in [6.45, 7) is 5.36. The molecule has 3 aromatic rings. The SMILES string of the molecule is COCCn1c(C)cc(C(=O)COc2cccc3ccccc23)c1C. The van der Waals surface area contributed by atoms with E-state index < -0.39 is 0 Å². The number of carbonyl (C=O) groups is 1. The molecule has 0 aliphatic heterocycles. The lowest BCUT2D eigenvalue weighted by Crippen LogP contribution is -2.14. The van der Waals surface area contributed by atoms with Crippen LogP contribution in [-0.4, -0.2) is 30.7 Å². The van der Waals surface area contributed by atoms with Gasteiger partial charge in [-0.05, 0) is 31.4 Å². The summed E-state index contributed by atoms with van der Waals surface area (Å²) in [6, 6.07) is 15.8. The first-order chi connectivity index (χ1) is 12.1. The second kappa shape index (κ2) is 7.53. The number of Topliss-reactive ketones (excluding diaryl/α,β-unsaturated/α-hetero) is 1. The van der Waals surface area contributed by atoms with E-state index in [0.717, 1.165) is 34.5 Å². The highest BCUT2D eigenvalue weighted by molar-refractivity contribution is 5.99. The van der Waals surface area contributed by atoms with Gasteiger partial charge in [-0.25, -0.2) is 0 Å². The summed E-state index contributed by atoms with van der Waals surface area (Å²) in [5, 5.41) is 2.12. The van der Waals surface area contributed by atoms with Gasteiger partial charge < -0.3 is 14.0 Å². The topological polar surface area (TPSA) is 40.5 Å². The molecule has 0 aliphatic carbocycles. The molecule has 0 bridgehead atoms. The molecule has 0 spiro atoms. The van der Waals surface area contributed by atoms with Crippen LogP contribution in [0.3, 0.4) is 0 Å². The van der Waals surface area contributed by atoms with Gasteiger partial charge in [0.2, 0.25) is 5.78 Å². The number of benzene rings is 2. The molecule has 130 valence electrons. The molecule has 1 heterocycles. The van der Waals surface area contributed by atoms with Crippen molar-refractivity contribution in [3.63, 3.8) is 0 Å². The van der Waals surface area contributed by atoms with Crippen molar-refractivity contribution in [2.45, 2.75) is 20.4 Å². The van der Waals surface area contributed by atoms with Crippen molar-refractivity contribution in [2.24, 2.45) is 0 Å². The van der Waals surface area contributed by atoms with Gasteiger partial charge in [0.1, 0.15) is 5.75 Å². The Morgan fingerprint density at radius 3 is 2.64 bits per heavy atom. The molecule has 0 fully saturated rings. The predicted molar refractivity (Wildman–Crippen MR) is 99.6 cm³/mol. The lowest BCUT2D eigenvalue weighted by atomic mass is 10.1. The highest BCUT2D eigenvalue weighted by Gasteiger charge is 2.16. The molecule has 3 rings (SSSR count). The Hall–Kier alpha value is -2.59. The van der Waals surface area contributed by atoms with Crippen molar-refractivity contribution in [1.29, 1.82) is 0 Å². The predicted octanol–water partition coefficient (Wildman–Crippen LogP) is 4.17. The monoisotopic (exact) mass is 337 g/mol. The van der Waals surface area contributed by atoms with Gasteiger partial charge in [0.05, 0.1) is 6.61 Å². The number of nitrogens with zero attached hydrogens (tertiary/aromatic N) is 1. The summed E-state index contributed by atoms with van der Waals surface area (Å²) in [7, 11) is 1.68. The van der Waals surface area contributed by atoms with Gasteiger partial charge in [0, 0.05) is 36.0 Å². The highest BCUT2D eigenvalue weighted by Crippen LogP contribution is 2.25. The lowest BCUT2D eigenvalue weighted by Gasteiger charge is -2.10. The molecule has 4 nitrogen and oxygen atoms in total. The van der Waals surface area contributed by atoms with Crippen LogP contribution in [0.15, 0.2) is 48.5 Å². The van der Waals surface area contributed by atoms with Gasteiger partial charge >= 0.3 is 0 Å². The second-order valence-electron chi connectivity index (χ2n) is 6.12. The number of ether oxygens (including phenoxy) is 2. The number of fused-ring (bicyclic) bond motifs is 1. The number of hydrogen-bond acceptors (Lipinski definition) is 3. The van der Waals surface area contributed by atoms with E-state index in [1.165, 1.54) is 0 Å². The average molecular weight is 337 g/mol. The van der Waals surface area contributed by atoms with E-state index in [4.69, 9.17) is 9.47 Å². The minimum atomic E-state index is -0.00954. The van der Waals surface area contributed by atoms with Crippen molar-refractivity contribution in [3.05, 3.63) is 65.5 Å². The van der Waals surface area contributed by atoms with E-state index in [1.54, 1.807) is 7.11 Å². The first-order valence-corrected chi connectivity index (χ1v) is 8.41. The lowest BCUT2D eigenvalue weighted by molar-refractivity contribution is 0.0921. The molecule has 2 aromatic carbocycles. The first-order valence-electron chi connectivity index (χ1n) is 8.41. The average Bonchev–Trinajstić information content (AvgIpc) is 2.92. The Morgan fingerprint density at radius 2 is 1.84 bits per heavy atom. The summed E-state index contributed by atoms with van der Waals surface area (Å²) in [5.74, 6) is 0.726. The van der Waals surface area contributed by atoms with Gasteiger partial charge in [-0.3, -0.25) is 4.79 Å². The molecule has 0 N–H and O–H groups in total. The maximum absolute atomic E-state index is 12.6. The molecule has 0 saturated carbocycles. The van der Waals surface area contributed by atoms with Crippen LogP contribution < -0.4 is 4.74 Å². The van der Waals surface area contributed by atoms with Crippen LogP contribution in [-0.2, 0) is 11.3 Å². The Bertz CT molecular complexity index is 890. The quantitative estimate of drug-likeness (QED) is 0.608. The third kappa shape index (κ3) is 3.59. The number of aromatic nitrogens is 1. The van der Waals surface area contributed by atoms with Crippen molar-refractivity contribution < 1.29 is 14.3 Å². The summed E-state index contributed by atoms with van der Waals surface area (Å²) in [5.41, 5.74) is 2.73. The number of hydrogen-bond donors (Lipinski definition) is 0. The molecule has 0 radical (unpaired) electrons. The third-order valence-electron chi connectivity index (χ3n) is 4.50. The molecule has 0 saturated heterocycles. The zero-order chi connectivity index (χ0) is 17.8. The van der Waals surface area contributed by atoms with Crippen molar-refractivity contribution in [3.8, 4) is 5.75 Å². The van der Waals surface area contributed by atoms with Crippen LogP contribution in [0, 0.1) is 13.8 Å². The Balaban J connectivity index is 1.76. The van der Waals surface area contributed by atoms with Crippen LogP contribution in [0.1, 0.15) is 21.7 Å². The largest absolute Gasteiger partial charge is 0.485 e. The standard InChI is InChI=1S/C21H23NO3/c1-15-13-19(16(2)22(15)11-12-24-3)20(23)14-25-21-10-6-8-17-7-4-5-9-18(17)21/h4-10,13H,11-12,14H2,1-3H3. The van der Waals surface area contributed by atoms with Crippen LogP contribution in [0.4, 0.5) is 0 Å². The van der Waals surface area contributed by atoms with Crippen LogP contribution in [0.25, 0.3) is 10.8 Å². The Morgan fingerprint density at radius 1 is 1.08 bits per heavy atom. The maximum Gasteiger partial charge on any atom is 0.202 e. The van der Waals surface area contributed by atoms with E-state index in [1.807, 2.05) is 62.4 Å². The van der Waals surface area contributed by atoms with E-state index in [-0.39, 0.29) is 12.4 Å². The number of methoxy groups -OCH3 is 1. The van der Waals surface area contributed by atoms with Gasteiger partial charge in [-0.2, -0.15) is 0 Å². The van der Waals surface area contributed by atoms with Gasteiger partial charge in [-0.15, -0.1) is 0 Å². The third-order valence-corrected chi connectivity index (χ3v) is 4.50. The van der Waals surface area contributed by atoms with E-state index >= 15 is 0 Å². The zero-order valence-electron chi connectivity index (χ0n) is 14.9. The number of aryl methyl sites for hydroxylation is 1. The molecule has 0 unspecified atom stereocenters. The summed E-state index contributed by atoms with van der Waals surface area (Å²) in [6.07, 6.45) is 0. The zero-order valence-corrected chi connectivity index (χ0v) is 14.9. The van der Waals surface area contributed by atoms with Gasteiger partial charge in [-0.1, -0.05) is 36.4 Å². The molecular formula is C21H23NO3. The summed E-state index contributed by atoms with van der Waals surface area (Å²) >= 11 is 0. The van der Waals surface area contributed by atoms with E-state index in [2.05, 4.69) is 4.57 Å². The van der Waals surface area contributed by atoms with Crippen molar-refractivity contribution in [2.75, 3.05) is 20.3 Å². The molecule has 0 amide bonds. The first kappa shape index (κ1) is 17.2. The van der Waals surface area contributed by atoms with Crippen LogP contribution in [0.5, 0.6) is 5.75 Å². The number of rotatable bonds is 7. The van der Waals surface area contributed by atoms with Gasteiger partial charge in [0.15, 0.2) is 6.61 Å². The van der Waals surface area contributed by atoms with Crippen LogP contribution in [0.2, 0.25) is 0 Å². The smallest absolute Gasteiger partial charge is 0.202 e. The maximum atomic E-state index is 12.6. The Kier molecular flexibility index (Phi) is 5.19. The van der Waals surface area contributed by atoms with Crippen LogP contribution >= 0.6 is 0 Å². The summed E-state index contributed by atoms with van der Waals surface area (Å²) < 4.78 is 13.1. The van der Waals surface area contributed by atoms with Gasteiger partial charge in [0.25, 0.3) is 0 Å². The fourth-order valence-electron chi connectivity index (χ4n) is 3.15. The highest BCUT2D eigenvalue weighted by atomic mass is 16.5. The molecular weight excluding hydrogens is 314 g/mol. The normalized spacial score (nSPS) is 11.0. The number of carbonyl (C=O) groups excluding carboxylic acids is 1. The van der Waals surface area contributed by atoms with E-state index in [9.17, 15) is 4.79 Å². The molecule has 25 heavy (non-hydrogen) atoms. The fourth-order valence-corrected chi connectivity index (χ4v) is 3.15. The minimum absolute atomic E-state index is 0.00954. The molecule has 4 heteroatoms. The fraction of sp³-hybridized carbons (Fsp3) is 0.286.